The first-order valence-electron chi connectivity index (χ1n) is 10.3. The molecule has 162 valence electrons. The molecule has 1 aromatic carbocycles. The van der Waals surface area contributed by atoms with Gasteiger partial charge in [-0.05, 0) is 18.2 Å². The fraction of sp³-hybridized carbons (Fsp3) is 0.0833. The third kappa shape index (κ3) is 3.05. The predicted octanol–water partition coefficient (Wildman–Crippen LogP) is 5.03. The molecule has 8 nitrogen and oxygen atoms in total. The smallest absolute Gasteiger partial charge is 0.161 e. The average molecular weight is 439 g/mol. The third-order valence-corrected chi connectivity index (χ3v) is 5.63. The number of halogens is 1. The number of nitrogens with one attached hydrogen (secondary N) is 2. The number of benzene rings is 1. The van der Waals surface area contributed by atoms with Crippen LogP contribution in [0.5, 0.6) is 0 Å². The molecule has 0 unspecified atom stereocenters. The van der Waals surface area contributed by atoms with Crippen LogP contribution in [0.3, 0.4) is 0 Å². The first kappa shape index (κ1) is 19.2. The summed E-state index contributed by atoms with van der Waals surface area (Å²) in [6, 6.07) is 9.55. The minimum Gasteiger partial charge on any atom is -0.472 e. The lowest BCUT2D eigenvalue weighted by molar-refractivity contribution is 0.568. The van der Waals surface area contributed by atoms with Crippen molar-refractivity contribution < 1.29 is 8.81 Å². The summed E-state index contributed by atoms with van der Waals surface area (Å²) in [5, 5.41) is 7.54. The molecular weight excluding hydrogens is 421 g/mol. The van der Waals surface area contributed by atoms with Gasteiger partial charge in [-0.25, -0.2) is 9.37 Å². The molecule has 0 radical (unpaired) electrons. The van der Waals surface area contributed by atoms with Gasteiger partial charge in [0.15, 0.2) is 11.6 Å². The van der Waals surface area contributed by atoms with Crippen LogP contribution in [0.4, 0.5) is 10.1 Å². The van der Waals surface area contributed by atoms with E-state index in [-0.39, 0.29) is 5.69 Å². The lowest BCUT2D eigenvalue weighted by Gasteiger charge is -2.13. The van der Waals surface area contributed by atoms with Crippen LogP contribution in [0.25, 0.3) is 55.8 Å². The van der Waals surface area contributed by atoms with E-state index in [2.05, 4.69) is 25.1 Å². The van der Waals surface area contributed by atoms with Gasteiger partial charge in [0.05, 0.1) is 52.5 Å². The Morgan fingerprint density at radius 1 is 1.00 bits per heavy atom. The fourth-order valence-electron chi connectivity index (χ4n) is 3.94. The van der Waals surface area contributed by atoms with Gasteiger partial charge in [-0.15, -0.1) is 0 Å². The van der Waals surface area contributed by atoms with Crippen molar-refractivity contribution in [1.29, 1.82) is 0 Å². The molecule has 0 aliphatic heterocycles. The van der Waals surface area contributed by atoms with E-state index in [4.69, 9.17) is 9.40 Å². The molecule has 0 amide bonds. The van der Waals surface area contributed by atoms with E-state index in [9.17, 15) is 0 Å². The van der Waals surface area contributed by atoms with Crippen LogP contribution in [-0.4, -0.2) is 44.2 Å². The van der Waals surface area contributed by atoms with Crippen LogP contribution in [0.2, 0.25) is 0 Å². The minimum atomic E-state index is -0.482. The van der Waals surface area contributed by atoms with Crippen molar-refractivity contribution in [3.63, 3.8) is 0 Å². The number of pyridine rings is 2. The summed E-state index contributed by atoms with van der Waals surface area (Å²) in [7, 11) is 3.81. The lowest BCUT2D eigenvalue weighted by atomic mass is 10.1. The molecule has 9 heteroatoms. The van der Waals surface area contributed by atoms with Crippen LogP contribution in [0.15, 0.2) is 65.9 Å². The van der Waals surface area contributed by atoms with Gasteiger partial charge in [0.25, 0.3) is 0 Å². The predicted molar refractivity (Wildman–Crippen MR) is 124 cm³/mol. The quantitative estimate of drug-likeness (QED) is 0.400. The molecule has 0 saturated carbocycles. The second-order valence-electron chi connectivity index (χ2n) is 7.91. The van der Waals surface area contributed by atoms with E-state index in [1.807, 2.05) is 49.3 Å². The Morgan fingerprint density at radius 2 is 1.91 bits per heavy atom. The molecule has 5 aromatic heterocycles. The number of H-pyrrole nitrogens is 2. The lowest BCUT2D eigenvalue weighted by Crippen LogP contribution is -2.09. The fourth-order valence-corrected chi connectivity index (χ4v) is 3.94. The summed E-state index contributed by atoms with van der Waals surface area (Å²) in [6.07, 6.45) is 8.18. The van der Waals surface area contributed by atoms with Crippen molar-refractivity contribution >= 4 is 27.6 Å². The molecular formula is C24H18FN7O. The van der Waals surface area contributed by atoms with Crippen molar-refractivity contribution in [2.45, 2.75) is 0 Å². The number of aromatic amines is 2. The molecule has 0 aliphatic rings. The van der Waals surface area contributed by atoms with Crippen molar-refractivity contribution in [2.75, 3.05) is 19.0 Å². The zero-order chi connectivity index (χ0) is 22.5. The second kappa shape index (κ2) is 7.27. The molecule has 0 atom stereocenters. The van der Waals surface area contributed by atoms with E-state index < -0.39 is 5.82 Å². The van der Waals surface area contributed by atoms with Crippen molar-refractivity contribution in [1.82, 2.24) is 30.1 Å². The van der Waals surface area contributed by atoms with Crippen LogP contribution >= 0.6 is 0 Å². The minimum absolute atomic E-state index is 0.205. The monoisotopic (exact) mass is 439 g/mol. The largest absolute Gasteiger partial charge is 0.472 e. The Bertz CT molecular complexity index is 1620. The van der Waals surface area contributed by atoms with Gasteiger partial charge in [-0.3, -0.25) is 15.1 Å². The molecule has 5 heterocycles. The molecule has 0 spiro atoms. The standard InChI is InChI=1S/C24H18FN7O/c1-32(2)15-8-14(9-26-10-15)21-20(25)19-18(11-27-21)30-31-23(19)24-28-17-5-3-4-16(22(17)29-24)13-6-7-33-12-13/h3-12H,1-2H3,(H,28,29)(H,30,31). The Balaban J connectivity index is 1.53. The normalized spacial score (nSPS) is 11.5. The number of hydrogen-bond donors (Lipinski definition) is 2. The summed E-state index contributed by atoms with van der Waals surface area (Å²) in [5.41, 5.74) is 5.91. The van der Waals surface area contributed by atoms with Gasteiger partial charge >= 0.3 is 0 Å². The summed E-state index contributed by atoms with van der Waals surface area (Å²) < 4.78 is 21.0. The summed E-state index contributed by atoms with van der Waals surface area (Å²) in [5.74, 6) is -0.0205. The number of rotatable bonds is 4. The second-order valence-corrected chi connectivity index (χ2v) is 7.91. The molecule has 0 fully saturated rings. The zero-order valence-corrected chi connectivity index (χ0v) is 17.8. The number of hydrogen-bond acceptors (Lipinski definition) is 6. The molecule has 0 saturated heterocycles. The Labute approximate surface area is 187 Å². The number of anilines is 1. The van der Waals surface area contributed by atoms with E-state index in [0.717, 1.165) is 27.8 Å². The molecule has 0 aliphatic carbocycles. The highest BCUT2D eigenvalue weighted by Crippen LogP contribution is 2.34. The maximum Gasteiger partial charge on any atom is 0.161 e. The maximum absolute atomic E-state index is 15.8. The highest BCUT2D eigenvalue weighted by Gasteiger charge is 2.21. The van der Waals surface area contributed by atoms with Crippen molar-refractivity contribution in [2.24, 2.45) is 0 Å². The van der Waals surface area contributed by atoms with E-state index >= 15 is 4.39 Å². The van der Waals surface area contributed by atoms with Crippen molar-refractivity contribution in [3.8, 4) is 33.9 Å². The van der Waals surface area contributed by atoms with Gasteiger partial charge in [0, 0.05) is 37.0 Å². The Kier molecular flexibility index (Phi) is 4.22. The number of furan rings is 1. The molecule has 2 N–H and O–H groups in total. The van der Waals surface area contributed by atoms with Crippen LogP contribution < -0.4 is 4.90 Å². The number of para-hydroxylation sites is 1. The first-order chi connectivity index (χ1) is 16.1. The van der Waals surface area contributed by atoms with Gasteiger partial charge in [0.1, 0.15) is 11.4 Å². The molecule has 0 bridgehead atoms. The van der Waals surface area contributed by atoms with E-state index in [1.165, 1.54) is 0 Å². The summed E-state index contributed by atoms with van der Waals surface area (Å²) >= 11 is 0. The number of aromatic nitrogens is 6. The summed E-state index contributed by atoms with van der Waals surface area (Å²) in [4.78, 5) is 18.5. The Morgan fingerprint density at radius 3 is 2.73 bits per heavy atom. The van der Waals surface area contributed by atoms with Gasteiger partial charge in [-0.1, -0.05) is 12.1 Å². The molecule has 33 heavy (non-hydrogen) atoms. The van der Waals surface area contributed by atoms with E-state index in [1.54, 1.807) is 31.1 Å². The highest BCUT2D eigenvalue weighted by atomic mass is 19.1. The number of imidazole rings is 1. The molecule has 6 aromatic rings. The number of nitrogens with zero attached hydrogens (tertiary/aromatic N) is 5. The topological polar surface area (TPSA) is 99.5 Å². The summed E-state index contributed by atoms with van der Waals surface area (Å²) in [6.45, 7) is 0. The zero-order valence-electron chi connectivity index (χ0n) is 17.8. The molecule has 6 rings (SSSR count). The van der Waals surface area contributed by atoms with Crippen LogP contribution in [-0.2, 0) is 0 Å². The first-order valence-corrected chi connectivity index (χ1v) is 10.3. The number of fused-ring (bicyclic) bond motifs is 2. The van der Waals surface area contributed by atoms with Gasteiger partial charge in [0.2, 0.25) is 0 Å². The Hall–Kier alpha value is -4.53. The van der Waals surface area contributed by atoms with Crippen LogP contribution in [0, 0.1) is 5.82 Å². The van der Waals surface area contributed by atoms with Gasteiger partial charge in [-0.2, -0.15) is 5.10 Å². The van der Waals surface area contributed by atoms with Gasteiger partial charge < -0.3 is 14.3 Å². The maximum atomic E-state index is 15.8. The van der Waals surface area contributed by atoms with E-state index in [0.29, 0.717) is 28.0 Å². The SMILES string of the molecule is CN(C)c1cncc(-c2ncc3[nH]nc(-c4nc5c(-c6ccoc6)cccc5[nH]4)c3c2F)c1. The highest BCUT2D eigenvalue weighted by molar-refractivity contribution is 5.98. The third-order valence-electron chi connectivity index (χ3n) is 5.63. The van der Waals surface area contributed by atoms with Crippen LogP contribution in [0.1, 0.15) is 0 Å². The van der Waals surface area contributed by atoms with Crippen molar-refractivity contribution in [3.05, 3.63) is 67.3 Å². The average Bonchev–Trinajstić information content (AvgIpc) is 3.58.